The Morgan fingerprint density at radius 3 is 3.18 bits per heavy atom. The van der Waals surface area contributed by atoms with Crippen molar-refractivity contribution in [2.45, 2.75) is 18.9 Å². The molecule has 0 aliphatic carbocycles. The highest BCUT2D eigenvalue weighted by Crippen LogP contribution is 2.15. The number of hydrogen-bond acceptors (Lipinski definition) is 4. The molecule has 0 aromatic carbocycles. The lowest BCUT2D eigenvalue weighted by Crippen LogP contribution is -2.46. The van der Waals surface area contributed by atoms with Gasteiger partial charge in [-0.15, -0.1) is 0 Å². The van der Waals surface area contributed by atoms with Gasteiger partial charge in [0.05, 0.1) is 19.0 Å². The van der Waals surface area contributed by atoms with Crippen LogP contribution in [-0.2, 0) is 11.8 Å². The SMILES string of the molecule is COCC1CCCN1NC(=O)c1cn(C)cn1. The van der Waals surface area contributed by atoms with Crippen molar-refractivity contribution in [3.05, 3.63) is 18.2 Å². The van der Waals surface area contributed by atoms with Gasteiger partial charge in [-0.2, -0.15) is 0 Å². The van der Waals surface area contributed by atoms with Crippen molar-refractivity contribution < 1.29 is 9.53 Å². The number of hydrazine groups is 1. The average molecular weight is 238 g/mol. The van der Waals surface area contributed by atoms with Crippen LogP contribution < -0.4 is 5.43 Å². The van der Waals surface area contributed by atoms with Gasteiger partial charge in [-0.25, -0.2) is 9.99 Å². The van der Waals surface area contributed by atoms with Crippen LogP contribution in [0.1, 0.15) is 23.3 Å². The van der Waals surface area contributed by atoms with Gasteiger partial charge in [0, 0.05) is 26.9 Å². The number of carbonyl (C=O) groups excluding carboxylic acids is 1. The predicted octanol–water partition coefficient (Wildman–Crippen LogP) is 0.176. The molecule has 6 nitrogen and oxygen atoms in total. The number of aryl methyl sites for hydroxylation is 1. The van der Waals surface area contributed by atoms with Crippen LogP contribution in [-0.4, -0.2) is 46.8 Å². The van der Waals surface area contributed by atoms with Crippen LogP contribution in [0.15, 0.2) is 12.5 Å². The molecule has 1 N–H and O–H groups in total. The third-order valence-corrected chi connectivity index (χ3v) is 2.92. The molecular weight excluding hydrogens is 220 g/mol. The third kappa shape index (κ3) is 2.83. The highest BCUT2D eigenvalue weighted by atomic mass is 16.5. The summed E-state index contributed by atoms with van der Waals surface area (Å²) in [5, 5.41) is 1.94. The van der Waals surface area contributed by atoms with Crippen molar-refractivity contribution in [3.63, 3.8) is 0 Å². The lowest BCUT2D eigenvalue weighted by molar-refractivity contribution is 0.0607. The number of hydrogen-bond donors (Lipinski definition) is 1. The van der Waals surface area contributed by atoms with Gasteiger partial charge in [-0.1, -0.05) is 0 Å². The van der Waals surface area contributed by atoms with Crippen LogP contribution in [0.25, 0.3) is 0 Å². The van der Waals surface area contributed by atoms with E-state index in [1.54, 1.807) is 24.2 Å². The molecule has 6 heteroatoms. The predicted molar refractivity (Wildman–Crippen MR) is 62.3 cm³/mol. The molecule has 1 aromatic heterocycles. The molecule has 0 bridgehead atoms. The van der Waals surface area contributed by atoms with Gasteiger partial charge in [-0.05, 0) is 12.8 Å². The quantitative estimate of drug-likeness (QED) is 0.812. The van der Waals surface area contributed by atoms with Gasteiger partial charge in [0.15, 0.2) is 0 Å². The van der Waals surface area contributed by atoms with E-state index in [1.165, 1.54) is 0 Å². The maximum atomic E-state index is 11.9. The summed E-state index contributed by atoms with van der Waals surface area (Å²) in [6, 6.07) is 0.271. The molecule has 1 atom stereocenters. The van der Waals surface area contributed by atoms with Crippen molar-refractivity contribution >= 4 is 5.91 Å². The molecule has 0 saturated carbocycles. The number of rotatable bonds is 4. The van der Waals surface area contributed by atoms with E-state index in [4.69, 9.17) is 4.74 Å². The maximum absolute atomic E-state index is 11.9. The van der Waals surface area contributed by atoms with Gasteiger partial charge in [0.25, 0.3) is 5.91 Å². The molecule has 2 heterocycles. The number of aromatic nitrogens is 2. The van der Waals surface area contributed by atoms with E-state index >= 15 is 0 Å². The second-order valence-corrected chi connectivity index (χ2v) is 4.31. The lowest BCUT2D eigenvalue weighted by atomic mass is 10.2. The Morgan fingerprint density at radius 2 is 2.53 bits per heavy atom. The van der Waals surface area contributed by atoms with E-state index in [0.29, 0.717) is 12.3 Å². The Morgan fingerprint density at radius 1 is 1.71 bits per heavy atom. The van der Waals surface area contributed by atoms with Crippen LogP contribution in [0.3, 0.4) is 0 Å². The fourth-order valence-electron chi connectivity index (χ4n) is 2.07. The van der Waals surface area contributed by atoms with Crippen molar-refractivity contribution in [1.29, 1.82) is 0 Å². The Kier molecular flexibility index (Phi) is 3.75. The number of methoxy groups -OCH3 is 1. The van der Waals surface area contributed by atoms with Gasteiger partial charge >= 0.3 is 0 Å². The topological polar surface area (TPSA) is 59.4 Å². The largest absolute Gasteiger partial charge is 0.383 e. The monoisotopic (exact) mass is 238 g/mol. The van der Waals surface area contributed by atoms with E-state index < -0.39 is 0 Å². The number of ether oxygens (including phenoxy) is 1. The summed E-state index contributed by atoms with van der Waals surface area (Å²) in [5.41, 5.74) is 3.32. The number of nitrogens with zero attached hydrogens (tertiary/aromatic N) is 3. The van der Waals surface area contributed by atoms with Gasteiger partial charge < -0.3 is 9.30 Å². The first-order chi connectivity index (χ1) is 8.20. The van der Waals surface area contributed by atoms with Crippen molar-refractivity contribution in [2.24, 2.45) is 7.05 Å². The molecule has 1 aliphatic heterocycles. The van der Waals surface area contributed by atoms with Crippen LogP contribution in [0.2, 0.25) is 0 Å². The van der Waals surface area contributed by atoms with E-state index in [1.807, 2.05) is 12.1 Å². The van der Waals surface area contributed by atoms with Crippen molar-refractivity contribution in [3.8, 4) is 0 Å². The lowest BCUT2D eigenvalue weighted by Gasteiger charge is -2.23. The molecule has 1 saturated heterocycles. The highest BCUT2D eigenvalue weighted by molar-refractivity contribution is 5.91. The van der Waals surface area contributed by atoms with E-state index in [9.17, 15) is 4.79 Å². The molecule has 1 aliphatic rings. The highest BCUT2D eigenvalue weighted by Gasteiger charge is 2.26. The summed E-state index contributed by atoms with van der Waals surface area (Å²) in [4.78, 5) is 15.9. The average Bonchev–Trinajstić information content (AvgIpc) is 2.89. The Hall–Kier alpha value is -1.40. The fraction of sp³-hybridized carbons (Fsp3) is 0.636. The summed E-state index contributed by atoms with van der Waals surface area (Å²) in [5.74, 6) is -0.159. The molecular formula is C11H18N4O2. The number of amides is 1. The second kappa shape index (κ2) is 5.29. The van der Waals surface area contributed by atoms with Crippen LogP contribution in [0.4, 0.5) is 0 Å². The molecule has 0 radical (unpaired) electrons. The zero-order valence-electron chi connectivity index (χ0n) is 10.2. The van der Waals surface area contributed by atoms with Crippen molar-refractivity contribution in [2.75, 3.05) is 20.3 Å². The molecule has 1 fully saturated rings. The Balaban J connectivity index is 1.94. The summed E-state index contributed by atoms with van der Waals surface area (Å²) in [7, 11) is 3.52. The molecule has 1 aromatic rings. The smallest absolute Gasteiger partial charge is 0.285 e. The Labute approximate surface area is 101 Å². The zero-order valence-corrected chi connectivity index (χ0v) is 10.2. The van der Waals surface area contributed by atoms with Crippen LogP contribution >= 0.6 is 0 Å². The summed E-state index contributed by atoms with van der Waals surface area (Å²) >= 11 is 0. The molecule has 1 unspecified atom stereocenters. The summed E-state index contributed by atoms with van der Waals surface area (Å²) in [6.45, 7) is 1.51. The molecule has 17 heavy (non-hydrogen) atoms. The standard InChI is InChI=1S/C11H18N4O2/c1-14-6-10(12-8-14)11(16)13-15-5-3-4-9(15)7-17-2/h6,8-9H,3-5,7H2,1-2H3,(H,13,16). The van der Waals surface area contributed by atoms with Gasteiger partial charge in [0.2, 0.25) is 0 Å². The first kappa shape index (κ1) is 12.1. The van der Waals surface area contributed by atoms with E-state index in [-0.39, 0.29) is 11.9 Å². The number of nitrogens with one attached hydrogen (secondary N) is 1. The molecule has 1 amide bonds. The van der Waals surface area contributed by atoms with E-state index in [0.717, 1.165) is 19.4 Å². The molecule has 2 rings (SSSR count). The summed E-state index contributed by atoms with van der Waals surface area (Å²) < 4.78 is 6.89. The zero-order chi connectivity index (χ0) is 12.3. The first-order valence-corrected chi connectivity index (χ1v) is 5.75. The third-order valence-electron chi connectivity index (χ3n) is 2.92. The molecule has 94 valence electrons. The Bertz CT molecular complexity index is 391. The van der Waals surface area contributed by atoms with Crippen LogP contribution in [0, 0.1) is 0 Å². The van der Waals surface area contributed by atoms with Gasteiger partial charge in [-0.3, -0.25) is 10.2 Å². The van der Waals surface area contributed by atoms with Crippen LogP contribution in [0.5, 0.6) is 0 Å². The van der Waals surface area contributed by atoms with E-state index in [2.05, 4.69) is 10.4 Å². The minimum Gasteiger partial charge on any atom is -0.383 e. The summed E-state index contributed by atoms with van der Waals surface area (Å²) in [6.07, 6.45) is 5.45. The minimum atomic E-state index is -0.159. The molecule has 0 spiro atoms. The number of imidazole rings is 1. The maximum Gasteiger partial charge on any atom is 0.285 e. The number of carbonyl (C=O) groups is 1. The first-order valence-electron chi connectivity index (χ1n) is 5.75. The van der Waals surface area contributed by atoms with Gasteiger partial charge in [0.1, 0.15) is 5.69 Å². The normalized spacial score (nSPS) is 20.7. The second-order valence-electron chi connectivity index (χ2n) is 4.31. The van der Waals surface area contributed by atoms with Crippen molar-refractivity contribution in [1.82, 2.24) is 20.0 Å². The fourth-order valence-corrected chi connectivity index (χ4v) is 2.07. The minimum absolute atomic E-state index is 0.159.